The van der Waals surface area contributed by atoms with E-state index in [1.54, 1.807) is 25.1 Å². The highest BCUT2D eigenvalue weighted by Crippen LogP contribution is 2.27. The fraction of sp³-hybridized carbons (Fsp3) is 0.391. The van der Waals surface area contributed by atoms with E-state index in [4.69, 9.17) is 34.8 Å². The van der Waals surface area contributed by atoms with Crippen LogP contribution in [0.4, 0.5) is 0 Å². The molecular weight excluding hydrogens is 521 g/mol. The van der Waals surface area contributed by atoms with E-state index < -0.39 is 28.5 Å². The molecule has 0 radical (unpaired) electrons. The van der Waals surface area contributed by atoms with E-state index in [1.165, 1.54) is 36.2 Å². The highest BCUT2D eigenvalue weighted by Gasteiger charge is 2.31. The van der Waals surface area contributed by atoms with Crippen molar-refractivity contribution < 1.29 is 18.0 Å². The summed E-state index contributed by atoms with van der Waals surface area (Å²) in [5.41, 5.74) is 0.464. The van der Waals surface area contributed by atoms with Crippen molar-refractivity contribution in [2.75, 3.05) is 20.1 Å². The van der Waals surface area contributed by atoms with Gasteiger partial charge in [0.15, 0.2) is 0 Å². The molecule has 1 atom stereocenters. The van der Waals surface area contributed by atoms with Gasteiger partial charge in [-0.3, -0.25) is 9.59 Å². The molecule has 0 aromatic heterocycles. The summed E-state index contributed by atoms with van der Waals surface area (Å²) >= 11 is 18.4. The molecule has 2 rings (SSSR count). The van der Waals surface area contributed by atoms with Crippen molar-refractivity contribution >= 4 is 56.6 Å². The van der Waals surface area contributed by atoms with E-state index in [0.29, 0.717) is 27.2 Å². The van der Waals surface area contributed by atoms with Crippen molar-refractivity contribution in [1.29, 1.82) is 0 Å². The van der Waals surface area contributed by atoms with Gasteiger partial charge >= 0.3 is 0 Å². The number of sulfonamides is 1. The Morgan fingerprint density at radius 3 is 2.06 bits per heavy atom. The Balaban J connectivity index is 2.32. The van der Waals surface area contributed by atoms with Crippen LogP contribution in [0.15, 0.2) is 47.4 Å². The lowest BCUT2D eigenvalue weighted by Crippen LogP contribution is -2.51. The zero-order chi connectivity index (χ0) is 25.6. The molecule has 34 heavy (non-hydrogen) atoms. The molecule has 7 nitrogen and oxygen atoms in total. The van der Waals surface area contributed by atoms with Crippen LogP contribution in [0.25, 0.3) is 0 Å². The van der Waals surface area contributed by atoms with Gasteiger partial charge in [0.05, 0.1) is 11.4 Å². The van der Waals surface area contributed by atoms with Crippen LogP contribution in [0.3, 0.4) is 0 Å². The highest BCUT2D eigenvalue weighted by atomic mass is 35.5. The molecule has 0 spiro atoms. The average Bonchev–Trinajstić information content (AvgIpc) is 2.77. The lowest BCUT2D eigenvalue weighted by atomic mass is 10.1. The maximum absolute atomic E-state index is 13.3. The number of nitrogens with one attached hydrogen (secondary N) is 1. The molecule has 2 aromatic carbocycles. The first-order valence-corrected chi connectivity index (χ1v) is 13.1. The smallest absolute Gasteiger partial charge is 0.243 e. The predicted octanol–water partition coefficient (Wildman–Crippen LogP) is 4.46. The van der Waals surface area contributed by atoms with E-state index in [2.05, 4.69) is 5.32 Å². The maximum Gasteiger partial charge on any atom is 0.243 e. The Bertz CT molecular complexity index is 1100. The molecule has 11 heteroatoms. The molecule has 0 heterocycles. The van der Waals surface area contributed by atoms with Crippen LogP contribution < -0.4 is 5.32 Å². The molecule has 0 saturated carbocycles. The maximum atomic E-state index is 13.3. The number of hydrogen-bond acceptors (Lipinski definition) is 4. The number of nitrogens with zero attached hydrogens (tertiary/aromatic N) is 2. The lowest BCUT2D eigenvalue weighted by molar-refractivity contribution is -0.140. The Morgan fingerprint density at radius 2 is 1.53 bits per heavy atom. The van der Waals surface area contributed by atoms with Crippen LogP contribution in [0.5, 0.6) is 0 Å². The van der Waals surface area contributed by atoms with Gasteiger partial charge in [0, 0.05) is 40.8 Å². The van der Waals surface area contributed by atoms with Gasteiger partial charge in [0.2, 0.25) is 21.8 Å². The normalized spacial score (nSPS) is 12.6. The standard InChI is InChI=1S/C23H28Cl3N3O4S/c1-15(2)12-27-23(31)16(3)29(13-19-20(25)6-5-7-21(19)26)22(30)14-28(4)34(32,33)18-10-8-17(24)9-11-18/h5-11,15-16H,12-14H2,1-4H3,(H,27,31). The number of benzene rings is 2. The molecule has 0 aliphatic carbocycles. The van der Waals surface area contributed by atoms with E-state index in [9.17, 15) is 18.0 Å². The van der Waals surface area contributed by atoms with Gasteiger partial charge in [-0.1, -0.05) is 54.7 Å². The predicted molar refractivity (Wildman–Crippen MR) is 136 cm³/mol. The van der Waals surface area contributed by atoms with Crippen LogP contribution >= 0.6 is 34.8 Å². The minimum absolute atomic E-state index is 0.00405. The molecule has 0 saturated heterocycles. The van der Waals surface area contributed by atoms with E-state index in [0.717, 1.165) is 4.31 Å². The van der Waals surface area contributed by atoms with E-state index >= 15 is 0 Å². The molecule has 0 aliphatic heterocycles. The van der Waals surface area contributed by atoms with Crippen LogP contribution in [-0.4, -0.2) is 55.6 Å². The third kappa shape index (κ3) is 7.33. The van der Waals surface area contributed by atoms with Gasteiger partial charge in [-0.25, -0.2) is 8.42 Å². The zero-order valence-electron chi connectivity index (χ0n) is 19.4. The zero-order valence-corrected chi connectivity index (χ0v) is 22.5. The second kappa shape index (κ2) is 12.2. The van der Waals surface area contributed by atoms with Gasteiger partial charge in [-0.05, 0) is 49.2 Å². The first kappa shape index (κ1) is 28.4. The molecule has 2 amide bonds. The summed E-state index contributed by atoms with van der Waals surface area (Å²) in [5.74, 6) is -0.731. The van der Waals surface area contributed by atoms with Gasteiger partial charge < -0.3 is 10.2 Å². The summed E-state index contributed by atoms with van der Waals surface area (Å²) in [6.45, 7) is 5.36. The molecule has 0 fully saturated rings. The summed E-state index contributed by atoms with van der Waals surface area (Å²) in [7, 11) is -2.67. The van der Waals surface area contributed by atoms with Gasteiger partial charge in [0.25, 0.3) is 0 Å². The minimum Gasteiger partial charge on any atom is -0.354 e. The third-order valence-corrected chi connectivity index (χ3v) is 7.90. The third-order valence-electron chi connectivity index (χ3n) is 5.12. The molecule has 0 aliphatic rings. The summed E-state index contributed by atoms with van der Waals surface area (Å²) in [6, 6.07) is 9.67. The van der Waals surface area contributed by atoms with Gasteiger partial charge in [-0.15, -0.1) is 0 Å². The molecule has 1 N–H and O–H groups in total. The largest absolute Gasteiger partial charge is 0.354 e. The van der Waals surface area contributed by atoms with Crippen molar-refractivity contribution in [3.63, 3.8) is 0 Å². The average molecular weight is 549 g/mol. The Morgan fingerprint density at radius 1 is 0.971 bits per heavy atom. The quantitative estimate of drug-likeness (QED) is 0.475. The highest BCUT2D eigenvalue weighted by molar-refractivity contribution is 7.89. The molecule has 1 unspecified atom stereocenters. The van der Waals surface area contributed by atoms with Gasteiger partial charge in [-0.2, -0.15) is 4.31 Å². The number of rotatable bonds is 10. The fourth-order valence-electron chi connectivity index (χ4n) is 3.04. The van der Waals surface area contributed by atoms with Crippen molar-refractivity contribution in [3.05, 3.63) is 63.1 Å². The van der Waals surface area contributed by atoms with Crippen LogP contribution in [-0.2, 0) is 26.2 Å². The van der Waals surface area contributed by atoms with Crippen LogP contribution in [0, 0.1) is 5.92 Å². The lowest BCUT2D eigenvalue weighted by Gasteiger charge is -2.31. The molecule has 0 bridgehead atoms. The number of halogens is 3. The van der Waals surface area contributed by atoms with Crippen molar-refractivity contribution in [3.8, 4) is 0 Å². The number of amides is 2. The minimum atomic E-state index is -3.97. The van der Waals surface area contributed by atoms with Crippen molar-refractivity contribution in [2.45, 2.75) is 38.3 Å². The SMILES string of the molecule is CC(C)CNC(=O)C(C)N(Cc1c(Cl)cccc1Cl)C(=O)CN(C)S(=O)(=O)c1ccc(Cl)cc1. The summed E-state index contributed by atoms with van der Waals surface area (Å²) in [6.07, 6.45) is 0. The monoisotopic (exact) mass is 547 g/mol. The Hall–Kier alpha value is -1.84. The summed E-state index contributed by atoms with van der Waals surface area (Å²) < 4.78 is 26.8. The summed E-state index contributed by atoms with van der Waals surface area (Å²) in [5, 5.41) is 3.87. The molecular formula is C23H28Cl3N3O4S. The molecule has 186 valence electrons. The van der Waals surface area contributed by atoms with E-state index in [-0.39, 0.29) is 23.3 Å². The Kier molecular flexibility index (Phi) is 10.2. The first-order chi connectivity index (χ1) is 15.8. The van der Waals surface area contributed by atoms with Gasteiger partial charge in [0.1, 0.15) is 6.04 Å². The van der Waals surface area contributed by atoms with Crippen molar-refractivity contribution in [1.82, 2.24) is 14.5 Å². The second-order valence-electron chi connectivity index (χ2n) is 8.25. The molecule has 2 aromatic rings. The topological polar surface area (TPSA) is 86.8 Å². The number of likely N-dealkylation sites (N-methyl/N-ethyl adjacent to an activating group) is 1. The first-order valence-electron chi connectivity index (χ1n) is 10.6. The Labute approximate surface area is 216 Å². The second-order valence-corrected chi connectivity index (χ2v) is 11.5. The van der Waals surface area contributed by atoms with E-state index in [1.807, 2.05) is 13.8 Å². The van der Waals surface area contributed by atoms with Crippen molar-refractivity contribution in [2.24, 2.45) is 5.92 Å². The summed E-state index contributed by atoms with van der Waals surface area (Å²) in [4.78, 5) is 27.4. The number of carbonyl (C=O) groups excluding carboxylic acids is 2. The number of carbonyl (C=O) groups is 2. The van der Waals surface area contributed by atoms with Crippen LogP contribution in [0.1, 0.15) is 26.3 Å². The number of hydrogen-bond donors (Lipinski definition) is 1. The fourth-order valence-corrected chi connectivity index (χ4v) is 4.80. The van der Waals surface area contributed by atoms with Crippen LogP contribution in [0.2, 0.25) is 15.1 Å².